The third-order valence-corrected chi connectivity index (χ3v) is 3.19. The number of fused-ring (bicyclic) bond motifs is 1. The molecule has 2 aromatic rings. The maximum atomic E-state index is 13.6. The van der Waals surface area contributed by atoms with Crippen molar-refractivity contribution in [2.24, 2.45) is 0 Å². The second kappa shape index (κ2) is 7.17. The SMILES string of the molecule is CCOC(=O)c1cnc2ccc(F)cc2c1NCCN(C)C. The van der Waals surface area contributed by atoms with Crippen LogP contribution in [0.3, 0.4) is 0 Å². The maximum Gasteiger partial charge on any atom is 0.341 e. The number of anilines is 1. The molecule has 1 aromatic heterocycles. The van der Waals surface area contributed by atoms with Crippen molar-refractivity contribution in [3.05, 3.63) is 35.8 Å². The Balaban J connectivity index is 2.46. The van der Waals surface area contributed by atoms with Crippen LogP contribution in [-0.4, -0.2) is 49.6 Å². The molecule has 118 valence electrons. The molecule has 0 aliphatic carbocycles. The molecule has 2 rings (SSSR count). The highest BCUT2D eigenvalue weighted by Gasteiger charge is 2.16. The number of likely N-dealkylation sites (N-methyl/N-ethyl adjacent to an activating group) is 1. The molecule has 0 radical (unpaired) electrons. The number of nitrogens with one attached hydrogen (secondary N) is 1. The summed E-state index contributed by atoms with van der Waals surface area (Å²) in [5.41, 5.74) is 1.50. The minimum Gasteiger partial charge on any atom is -0.462 e. The molecule has 0 aliphatic rings. The number of pyridine rings is 1. The van der Waals surface area contributed by atoms with E-state index >= 15 is 0 Å². The van der Waals surface area contributed by atoms with E-state index in [-0.39, 0.29) is 12.4 Å². The highest BCUT2D eigenvalue weighted by Crippen LogP contribution is 2.27. The van der Waals surface area contributed by atoms with E-state index in [2.05, 4.69) is 10.3 Å². The van der Waals surface area contributed by atoms with Gasteiger partial charge in [0.05, 0.1) is 17.8 Å². The largest absolute Gasteiger partial charge is 0.462 e. The standard InChI is InChI=1S/C16H20FN3O2/c1-4-22-16(21)13-10-19-14-6-5-11(17)9-12(14)15(13)18-7-8-20(2)3/h5-6,9-10H,4,7-8H2,1-3H3,(H,18,19). The summed E-state index contributed by atoms with van der Waals surface area (Å²) in [5.74, 6) is -0.834. The lowest BCUT2D eigenvalue weighted by atomic mass is 10.1. The van der Waals surface area contributed by atoms with E-state index in [1.165, 1.54) is 18.3 Å². The van der Waals surface area contributed by atoms with Gasteiger partial charge in [0.2, 0.25) is 0 Å². The van der Waals surface area contributed by atoms with Gasteiger partial charge in [-0.3, -0.25) is 4.98 Å². The third kappa shape index (κ3) is 3.71. The first-order chi connectivity index (χ1) is 10.5. The van der Waals surface area contributed by atoms with E-state index in [0.29, 0.717) is 28.7 Å². The molecule has 0 amide bonds. The molecule has 0 fully saturated rings. The van der Waals surface area contributed by atoms with E-state index in [4.69, 9.17) is 4.74 Å². The van der Waals surface area contributed by atoms with Gasteiger partial charge in [0.25, 0.3) is 0 Å². The van der Waals surface area contributed by atoms with Crippen LogP contribution in [0.1, 0.15) is 17.3 Å². The zero-order chi connectivity index (χ0) is 16.1. The Labute approximate surface area is 129 Å². The van der Waals surface area contributed by atoms with E-state index in [1.54, 1.807) is 13.0 Å². The van der Waals surface area contributed by atoms with E-state index in [1.807, 2.05) is 19.0 Å². The van der Waals surface area contributed by atoms with Gasteiger partial charge in [-0.25, -0.2) is 9.18 Å². The van der Waals surface area contributed by atoms with Crippen LogP contribution < -0.4 is 5.32 Å². The number of rotatable bonds is 6. The Morgan fingerprint density at radius 3 is 2.86 bits per heavy atom. The first-order valence-electron chi connectivity index (χ1n) is 7.17. The van der Waals surface area contributed by atoms with Crippen molar-refractivity contribution in [3.63, 3.8) is 0 Å². The lowest BCUT2D eigenvalue weighted by Gasteiger charge is -2.16. The van der Waals surface area contributed by atoms with Gasteiger partial charge in [-0.2, -0.15) is 0 Å². The van der Waals surface area contributed by atoms with Crippen molar-refractivity contribution in [2.45, 2.75) is 6.92 Å². The zero-order valence-corrected chi connectivity index (χ0v) is 13.0. The minimum atomic E-state index is -0.464. The minimum absolute atomic E-state index is 0.275. The molecule has 0 atom stereocenters. The predicted molar refractivity (Wildman–Crippen MR) is 84.7 cm³/mol. The molecule has 1 aromatic carbocycles. The number of hydrogen-bond acceptors (Lipinski definition) is 5. The summed E-state index contributed by atoms with van der Waals surface area (Å²) < 4.78 is 18.6. The number of benzene rings is 1. The predicted octanol–water partition coefficient (Wildman–Crippen LogP) is 2.52. The third-order valence-electron chi connectivity index (χ3n) is 3.19. The molecule has 22 heavy (non-hydrogen) atoms. The number of aromatic nitrogens is 1. The molecule has 0 unspecified atom stereocenters. The fourth-order valence-corrected chi connectivity index (χ4v) is 2.12. The van der Waals surface area contributed by atoms with Gasteiger partial charge in [0, 0.05) is 24.7 Å². The van der Waals surface area contributed by atoms with Crippen LogP contribution in [0.4, 0.5) is 10.1 Å². The van der Waals surface area contributed by atoms with Crippen LogP contribution in [0.5, 0.6) is 0 Å². The second-order valence-corrected chi connectivity index (χ2v) is 5.16. The Morgan fingerprint density at radius 1 is 1.41 bits per heavy atom. The van der Waals surface area contributed by atoms with E-state index in [9.17, 15) is 9.18 Å². The number of nitrogens with zero attached hydrogens (tertiary/aromatic N) is 2. The molecule has 6 heteroatoms. The van der Waals surface area contributed by atoms with Crippen molar-refractivity contribution >= 4 is 22.6 Å². The van der Waals surface area contributed by atoms with Gasteiger partial charge >= 0.3 is 5.97 Å². The number of halogens is 1. The molecule has 1 N–H and O–H groups in total. The average molecular weight is 305 g/mol. The number of carbonyl (C=O) groups excluding carboxylic acids is 1. The first kappa shape index (κ1) is 16.2. The molecular weight excluding hydrogens is 285 g/mol. The number of ether oxygens (including phenoxy) is 1. The number of hydrogen-bond donors (Lipinski definition) is 1. The lowest BCUT2D eigenvalue weighted by molar-refractivity contribution is 0.0527. The smallest absolute Gasteiger partial charge is 0.341 e. The Bertz CT molecular complexity index is 674. The van der Waals surface area contributed by atoms with Gasteiger partial charge in [0.15, 0.2) is 0 Å². The van der Waals surface area contributed by atoms with Crippen LogP contribution in [0, 0.1) is 5.82 Å². The van der Waals surface area contributed by atoms with Crippen LogP contribution in [0.2, 0.25) is 0 Å². The Hall–Kier alpha value is -2.21. The van der Waals surface area contributed by atoms with Crippen LogP contribution in [0.15, 0.2) is 24.4 Å². The van der Waals surface area contributed by atoms with Crippen molar-refractivity contribution in [1.29, 1.82) is 0 Å². The summed E-state index contributed by atoms with van der Waals surface area (Å²) in [6, 6.07) is 4.32. The highest BCUT2D eigenvalue weighted by atomic mass is 19.1. The summed E-state index contributed by atoms with van der Waals surface area (Å²) in [5, 5.41) is 3.78. The Kier molecular flexibility index (Phi) is 5.27. The summed E-state index contributed by atoms with van der Waals surface area (Å²) in [6.07, 6.45) is 1.47. The van der Waals surface area contributed by atoms with Crippen molar-refractivity contribution in [2.75, 3.05) is 39.1 Å². The summed E-state index contributed by atoms with van der Waals surface area (Å²) in [7, 11) is 3.91. The number of carbonyl (C=O) groups is 1. The molecule has 5 nitrogen and oxygen atoms in total. The van der Waals surface area contributed by atoms with Gasteiger partial charge in [-0.05, 0) is 39.2 Å². The quantitative estimate of drug-likeness (QED) is 0.831. The topological polar surface area (TPSA) is 54.5 Å². The second-order valence-electron chi connectivity index (χ2n) is 5.16. The molecular formula is C16H20FN3O2. The van der Waals surface area contributed by atoms with Gasteiger partial charge < -0.3 is 15.0 Å². The number of esters is 1. The van der Waals surface area contributed by atoms with E-state index in [0.717, 1.165) is 6.54 Å². The Morgan fingerprint density at radius 2 is 2.18 bits per heavy atom. The monoisotopic (exact) mass is 305 g/mol. The molecule has 1 heterocycles. The first-order valence-corrected chi connectivity index (χ1v) is 7.17. The average Bonchev–Trinajstić information content (AvgIpc) is 2.47. The van der Waals surface area contributed by atoms with Crippen LogP contribution >= 0.6 is 0 Å². The summed E-state index contributed by atoms with van der Waals surface area (Å²) >= 11 is 0. The van der Waals surface area contributed by atoms with Gasteiger partial charge in [-0.15, -0.1) is 0 Å². The van der Waals surface area contributed by atoms with Crippen LogP contribution in [0.25, 0.3) is 10.9 Å². The van der Waals surface area contributed by atoms with Gasteiger partial charge in [-0.1, -0.05) is 0 Å². The van der Waals surface area contributed by atoms with Crippen molar-refractivity contribution < 1.29 is 13.9 Å². The summed E-state index contributed by atoms with van der Waals surface area (Å²) in [4.78, 5) is 18.3. The van der Waals surface area contributed by atoms with Crippen molar-refractivity contribution in [3.8, 4) is 0 Å². The normalized spacial score (nSPS) is 11.0. The maximum absolute atomic E-state index is 13.6. The van der Waals surface area contributed by atoms with Crippen molar-refractivity contribution in [1.82, 2.24) is 9.88 Å². The molecule has 0 saturated carbocycles. The summed E-state index contributed by atoms with van der Waals surface area (Å²) in [6.45, 7) is 3.42. The molecule has 0 spiro atoms. The van der Waals surface area contributed by atoms with Crippen LogP contribution in [-0.2, 0) is 4.74 Å². The molecule has 0 saturated heterocycles. The fourth-order valence-electron chi connectivity index (χ4n) is 2.12. The van der Waals surface area contributed by atoms with E-state index < -0.39 is 5.97 Å². The molecule has 0 bridgehead atoms. The lowest BCUT2D eigenvalue weighted by Crippen LogP contribution is -2.22. The highest BCUT2D eigenvalue weighted by molar-refractivity contribution is 6.04. The van der Waals surface area contributed by atoms with Gasteiger partial charge in [0.1, 0.15) is 11.4 Å². The molecule has 0 aliphatic heterocycles. The zero-order valence-electron chi connectivity index (χ0n) is 13.0. The fraction of sp³-hybridized carbons (Fsp3) is 0.375.